The molecular formula is C31H34FN7O3. The zero-order chi connectivity index (χ0) is 30.0. The van der Waals surface area contributed by atoms with Gasteiger partial charge in [0, 0.05) is 30.3 Å². The Kier molecular flexibility index (Phi) is 8.09. The number of hydrogen-bond acceptors (Lipinski definition) is 7. The number of likely N-dealkylation sites (tertiary alicyclic amines) is 1. The molecule has 0 unspecified atom stereocenters. The second kappa shape index (κ2) is 11.7. The number of rotatable bonds is 7. The third kappa shape index (κ3) is 6.04. The minimum Gasteiger partial charge on any atom is -0.479 e. The summed E-state index contributed by atoms with van der Waals surface area (Å²) in [6.07, 6.45) is 6.62. The summed E-state index contributed by atoms with van der Waals surface area (Å²) in [7, 11) is 0. The van der Waals surface area contributed by atoms with Crippen LogP contribution in [0, 0.1) is 30.0 Å². The van der Waals surface area contributed by atoms with Gasteiger partial charge in [-0.05, 0) is 64.8 Å². The van der Waals surface area contributed by atoms with Gasteiger partial charge < -0.3 is 14.7 Å². The lowest BCUT2D eigenvalue weighted by Crippen LogP contribution is -2.38. The smallest absolute Gasteiger partial charge is 0.245 e. The second-order valence-electron chi connectivity index (χ2n) is 11.4. The molecule has 1 amide bonds. The Morgan fingerprint density at radius 3 is 2.69 bits per heavy atom. The number of nitrogens with zero attached hydrogens (tertiary/aromatic N) is 7. The molecular weight excluding hydrogens is 537 g/mol. The highest BCUT2D eigenvalue weighted by Crippen LogP contribution is 2.34. The maximum Gasteiger partial charge on any atom is 0.245 e. The number of fused-ring (bicyclic) bond motifs is 1. The summed E-state index contributed by atoms with van der Waals surface area (Å²) < 4.78 is 23.5. The molecule has 0 aromatic carbocycles. The lowest BCUT2D eigenvalue weighted by Gasteiger charge is -2.31. The number of aliphatic hydroxyl groups excluding tert-OH is 1. The number of piperidine rings is 1. The summed E-state index contributed by atoms with van der Waals surface area (Å²) in [6.45, 7) is 12.5. The number of amides is 1. The first kappa shape index (κ1) is 29.0. The molecule has 1 fully saturated rings. The zero-order valence-electron chi connectivity index (χ0n) is 24.2. The van der Waals surface area contributed by atoms with E-state index in [1.165, 1.54) is 18.2 Å². The van der Waals surface area contributed by atoms with Crippen LogP contribution in [0.5, 0.6) is 5.75 Å². The predicted octanol–water partition coefficient (Wildman–Crippen LogP) is 4.29. The number of aromatic nitrogens is 6. The fraction of sp³-hybridized carbons (Fsp3) is 0.387. The number of hydrogen-bond donors (Lipinski definition) is 1. The number of aliphatic hydroxyl groups is 1. The Labute approximate surface area is 243 Å². The van der Waals surface area contributed by atoms with Gasteiger partial charge in [0.25, 0.3) is 0 Å². The Morgan fingerprint density at radius 1 is 1.29 bits per heavy atom. The monoisotopic (exact) mass is 571 g/mol. The number of ether oxygens (including phenoxy) is 1. The molecule has 10 nitrogen and oxygen atoms in total. The van der Waals surface area contributed by atoms with Crippen LogP contribution in [0.3, 0.4) is 0 Å². The van der Waals surface area contributed by atoms with Crippen LogP contribution in [-0.4, -0.2) is 65.2 Å². The van der Waals surface area contributed by atoms with Crippen molar-refractivity contribution in [1.29, 1.82) is 0 Å². The van der Waals surface area contributed by atoms with E-state index >= 15 is 0 Å². The van der Waals surface area contributed by atoms with Gasteiger partial charge in [-0.3, -0.25) is 9.78 Å². The molecule has 0 saturated carbocycles. The normalized spacial score (nSPS) is 14.9. The molecule has 0 radical (unpaired) electrons. The van der Waals surface area contributed by atoms with Crippen LogP contribution in [0.4, 0.5) is 4.39 Å². The highest BCUT2D eigenvalue weighted by atomic mass is 19.1. The third-order valence-corrected chi connectivity index (χ3v) is 7.16. The minimum atomic E-state index is -0.858. The van der Waals surface area contributed by atoms with Crippen LogP contribution in [0.1, 0.15) is 62.7 Å². The van der Waals surface area contributed by atoms with E-state index in [0.29, 0.717) is 46.9 Å². The van der Waals surface area contributed by atoms with Crippen LogP contribution in [0.2, 0.25) is 0 Å². The van der Waals surface area contributed by atoms with Crippen LogP contribution in [0.25, 0.3) is 16.8 Å². The molecule has 4 aromatic rings. The predicted molar refractivity (Wildman–Crippen MR) is 155 cm³/mol. The van der Waals surface area contributed by atoms with Gasteiger partial charge >= 0.3 is 0 Å². The number of carbonyl (C=O) groups excluding carboxylic acids is 1. The van der Waals surface area contributed by atoms with Crippen molar-refractivity contribution in [3.05, 3.63) is 72.2 Å². The van der Waals surface area contributed by atoms with Gasteiger partial charge in [0.05, 0.1) is 42.0 Å². The molecule has 1 aliphatic rings. The van der Waals surface area contributed by atoms with E-state index in [9.17, 15) is 14.3 Å². The molecule has 42 heavy (non-hydrogen) atoms. The first-order valence-corrected chi connectivity index (χ1v) is 13.8. The standard InChI is InChI=1S/C31H34FN7O3/c1-6-28(41)37-13-10-24(11-14-37)39-20(2)29(35-36-39)22-15-26(42-27(19-40)25-8-7-23(32)17-33-25)30-21(9-12-31(3,4)5)16-34-38(30)18-22/h6-8,15-18,24,27,40H,1,10-11,13-14,19H2,2-5H3/t27-/m1/s1. The Morgan fingerprint density at radius 2 is 2.05 bits per heavy atom. The summed E-state index contributed by atoms with van der Waals surface area (Å²) in [4.78, 5) is 17.9. The van der Waals surface area contributed by atoms with E-state index in [1.54, 1.807) is 15.6 Å². The fourth-order valence-electron chi connectivity index (χ4n) is 4.99. The van der Waals surface area contributed by atoms with E-state index in [4.69, 9.17) is 4.74 Å². The number of halogens is 1. The molecule has 11 heteroatoms. The van der Waals surface area contributed by atoms with Gasteiger partial charge in [-0.2, -0.15) is 5.10 Å². The topological polar surface area (TPSA) is 111 Å². The van der Waals surface area contributed by atoms with Crippen LogP contribution < -0.4 is 4.74 Å². The molecule has 0 bridgehead atoms. The van der Waals surface area contributed by atoms with Crippen molar-refractivity contribution >= 4 is 11.4 Å². The highest BCUT2D eigenvalue weighted by molar-refractivity contribution is 5.87. The molecule has 5 heterocycles. The van der Waals surface area contributed by atoms with E-state index in [1.807, 2.05) is 44.6 Å². The molecule has 218 valence electrons. The number of carbonyl (C=O) groups is 1. The van der Waals surface area contributed by atoms with Crippen molar-refractivity contribution < 1.29 is 19.0 Å². The zero-order valence-corrected chi connectivity index (χ0v) is 24.2. The summed E-state index contributed by atoms with van der Waals surface area (Å²) >= 11 is 0. The fourth-order valence-corrected chi connectivity index (χ4v) is 4.99. The van der Waals surface area contributed by atoms with Crippen LogP contribution in [0.15, 0.2) is 49.4 Å². The van der Waals surface area contributed by atoms with Crippen molar-refractivity contribution in [1.82, 2.24) is 34.5 Å². The van der Waals surface area contributed by atoms with Gasteiger partial charge in [-0.15, -0.1) is 5.10 Å². The van der Waals surface area contributed by atoms with Gasteiger partial charge in [0.2, 0.25) is 5.91 Å². The molecule has 5 rings (SSSR count). The van der Waals surface area contributed by atoms with Gasteiger partial charge in [-0.25, -0.2) is 13.6 Å². The molecule has 0 aliphatic carbocycles. The van der Waals surface area contributed by atoms with E-state index < -0.39 is 11.9 Å². The quantitative estimate of drug-likeness (QED) is 0.260. The van der Waals surface area contributed by atoms with Crippen molar-refractivity contribution in [3.63, 3.8) is 0 Å². The van der Waals surface area contributed by atoms with Gasteiger partial charge in [0.1, 0.15) is 22.8 Å². The first-order chi connectivity index (χ1) is 20.1. The molecule has 1 aliphatic heterocycles. The summed E-state index contributed by atoms with van der Waals surface area (Å²) in [5.74, 6) is 6.33. The van der Waals surface area contributed by atoms with Crippen molar-refractivity contribution in [2.24, 2.45) is 5.41 Å². The van der Waals surface area contributed by atoms with Crippen LogP contribution >= 0.6 is 0 Å². The molecule has 1 saturated heterocycles. The van der Waals surface area contributed by atoms with Gasteiger partial charge in [0.15, 0.2) is 6.10 Å². The van der Waals surface area contributed by atoms with Crippen molar-refractivity contribution in [2.45, 2.75) is 52.7 Å². The lowest BCUT2D eigenvalue weighted by molar-refractivity contribution is -0.127. The van der Waals surface area contributed by atoms with E-state index in [-0.39, 0.29) is 24.0 Å². The summed E-state index contributed by atoms with van der Waals surface area (Å²) in [5, 5.41) is 23.7. The highest BCUT2D eigenvalue weighted by Gasteiger charge is 2.27. The first-order valence-electron chi connectivity index (χ1n) is 13.8. The Hall–Kier alpha value is -4.56. The molecule has 1 atom stereocenters. The maximum absolute atomic E-state index is 13.5. The van der Waals surface area contributed by atoms with Gasteiger partial charge in [-0.1, -0.05) is 23.6 Å². The van der Waals surface area contributed by atoms with Crippen molar-refractivity contribution in [3.8, 4) is 28.8 Å². The van der Waals surface area contributed by atoms with Crippen molar-refractivity contribution in [2.75, 3.05) is 19.7 Å². The second-order valence-corrected chi connectivity index (χ2v) is 11.4. The van der Waals surface area contributed by atoms with E-state index in [2.05, 4.69) is 38.8 Å². The van der Waals surface area contributed by atoms with E-state index in [0.717, 1.165) is 24.7 Å². The average molecular weight is 572 g/mol. The van der Waals surface area contributed by atoms with Crippen LogP contribution in [-0.2, 0) is 4.79 Å². The third-order valence-electron chi connectivity index (χ3n) is 7.16. The molecule has 1 N–H and O–H groups in total. The largest absolute Gasteiger partial charge is 0.479 e. The SMILES string of the molecule is C=CC(=O)N1CCC(n2nnc(-c3cc(O[C@H](CO)c4ccc(F)cn4)c4c(C#CC(C)(C)C)cnn4c3)c2C)CC1. The summed E-state index contributed by atoms with van der Waals surface area (Å²) in [6, 6.07) is 4.70. The lowest BCUT2D eigenvalue weighted by atomic mass is 9.97. The molecule has 0 spiro atoms. The Balaban J connectivity index is 1.54. The average Bonchev–Trinajstić information content (AvgIpc) is 3.57. The molecule has 4 aromatic heterocycles. The Bertz CT molecular complexity index is 1670. The summed E-state index contributed by atoms with van der Waals surface area (Å²) in [5.41, 5.74) is 3.68. The maximum atomic E-state index is 13.5. The number of pyridine rings is 2. The minimum absolute atomic E-state index is 0.0620.